The highest BCUT2D eigenvalue weighted by Gasteiger charge is 2.08. The summed E-state index contributed by atoms with van der Waals surface area (Å²) in [6.45, 7) is 1.75. The van der Waals surface area contributed by atoms with Gasteiger partial charge in [-0.2, -0.15) is 5.26 Å². The van der Waals surface area contributed by atoms with Crippen molar-refractivity contribution in [1.82, 2.24) is 0 Å². The van der Waals surface area contributed by atoms with Gasteiger partial charge in [0.05, 0.1) is 17.3 Å². The van der Waals surface area contributed by atoms with Gasteiger partial charge >= 0.3 is 0 Å². The molecule has 5 heteroatoms. The van der Waals surface area contributed by atoms with Gasteiger partial charge in [-0.15, -0.1) is 0 Å². The van der Waals surface area contributed by atoms with Gasteiger partial charge < -0.3 is 10.1 Å². The molecule has 0 aliphatic carbocycles. The Bertz CT molecular complexity index is 708. The number of aryl methyl sites for hydroxylation is 1. The van der Waals surface area contributed by atoms with E-state index in [1.807, 2.05) is 31.2 Å². The number of amides is 1. The molecular formula is C16H13BrN2O2. The molecule has 0 saturated carbocycles. The van der Waals surface area contributed by atoms with Crippen LogP contribution in [0.2, 0.25) is 0 Å². The van der Waals surface area contributed by atoms with Crippen LogP contribution in [0.1, 0.15) is 11.1 Å². The first-order valence-electron chi connectivity index (χ1n) is 6.28. The topological polar surface area (TPSA) is 62.1 Å². The number of halogens is 1. The van der Waals surface area contributed by atoms with Crippen LogP contribution in [0.5, 0.6) is 5.75 Å². The molecular weight excluding hydrogens is 332 g/mol. The summed E-state index contributed by atoms with van der Waals surface area (Å²) in [5, 5.41) is 11.6. The van der Waals surface area contributed by atoms with Crippen LogP contribution in [-0.2, 0) is 4.79 Å². The Morgan fingerprint density at radius 3 is 2.81 bits per heavy atom. The fourth-order valence-electron chi connectivity index (χ4n) is 1.72. The van der Waals surface area contributed by atoms with Crippen LogP contribution in [0.4, 0.5) is 5.69 Å². The van der Waals surface area contributed by atoms with Crippen molar-refractivity contribution in [2.45, 2.75) is 6.92 Å². The number of nitrogens with one attached hydrogen (secondary N) is 1. The Balaban J connectivity index is 1.99. The molecule has 1 N–H and O–H groups in total. The van der Waals surface area contributed by atoms with Crippen molar-refractivity contribution >= 4 is 27.5 Å². The number of para-hydroxylation sites is 1. The van der Waals surface area contributed by atoms with E-state index in [0.717, 1.165) is 10.0 Å². The molecule has 0 aliphatic heterocycles. The summed E-state index contributed by atoms with van der Waals surface area (Å²) in [6.07, 6.45) is 0. The van der Waals surface area contributed by atoms with E-state index in [9.17, 15) is 4.79 Å². The minimum atomic E-state index is -0.260. The summed E-state index contributed by atoms with van der Waals surface area (Å²) in [7, 11) is 0. The summed E-state index contributed by atoms with van der Waals surface area (Å²) < 4.78 is 6.28. The molecule has 0 fully saturated rings. The highest BCUT2D eigenvalue weighted by Crippen LogP contribution is 2.22. The summed E-state index contributed by atoms with van der Waals surface area (Å²) in [6, 6.07) is 14.5. The van der Waals surface area contributed by atoms with Crippen LogP contribution in [0.25, 0.3) is 0 Å². The van der Waals surface area contributed by atoms with E-state index in [1.165, 1.54) is 0 Å². The van der Waals surface area contributed by atoms with Gasteiger partial charge in [-0.3, -0.25) is 4.79 Å². The van der Waals surface area contributed by atoms with Crippen molar-refractivity contribution in [2.24, 2.45) is 0 Å². The summed E-state index contributed by atoms with van der Waals surface area (Å²) in [4.78, 5) is 11.9. The van der Waals surface area contributed by atoms with Crippen molar-refractivity contribution < 1.29 is 9.53 Å². The second kappa shape index (κ2) is 6.91. The third kappa shape index (κ3) is 4.07. The van der Waals surface area contributed by atoms with Gasteiger partial charge in [-0.1, -0.05) is 18.2 Å². The summed E-state index contributed by atoms with van der Waals surface area (Å²) >= 11 is 3.36. The highest BCUT2D eigenvalue weighted by molar-refractivity contribution is 9.10. The molecule has 0 radical (unpaired) electrons. The van der Waals surface area contributed by atoms with Crippen LogP contribution in [0, 0.1) is 18.3 Å². The SMILES string of the molecule is Cc1ccc(C#N)cc1OCC(=O)Nc1ccccc1Br. The Hall–Kier alpha value is -2.32. The number of carbonyl (C=O) groups is 1. The fraction of sp³-hybridized carbons (Fsp3) is 0.125. The third-order valence-corrected chi connectivity index (χ3v) is 3.52. The maximum Gasteiger partial charge on any atom is 0.262 e. The van der Waals surface area contributed by atoms with E-state index < -0.39 is 0 Å². The standard InChI is InChI=1S/C16H13BrN2O2/c1-11-6-7-12(9-18)8-15(11)21-10-16(20)19-14-5-3-2-4-13(14)17/h2-8H,10H2,1H3,(H,19,20). The van der Waals surface area contributed by atoms with Crippen LogP contribution in [-0.4, -0.2) is 12.5 Å². The van der Waals surface area contributed by atoms with Crippen LogP contribution in [0.15, 0.2) is 46.9 Å². The lowest BCUT2D eigenvalue weighted by Gasteiger charge is -2.10. The van der Waals surface area contributed by atoms with Gasteiger partial charge in [0, 0.05) is 4.47 Å². The zero-order chi connectivity index (χ0) is 15.2. The normalized spacial score (nSPS) is 9.76. The summed E-state index contributed by atoms with van der Waals surface area (Å²) in [5.74, 6) is 0.278. The predicted octanol–water partition coefficient (Wildman–Crippen LogP) is 3.65. The molecule has 0 saturated heterocycles. The lowest BCUT2D eigenvalue weighted by molar-refractivity contribution is -0.118. The average Bonchev–Trinajstić information content (AvgIpc) is 2.49. The second-order valence-corrected chi connectivity index (χ2v) is 5.26. The number of hydrogen-bond acceptors (Lipinski definition) is 3. The Labute approximate surface area is 131 Å². The van der Waals surface area contributed by atoms with E-state index in [2.05, 4.69) is 21.2 Å². The number of nitrogens with zero attached hydrogens (tertiary/aromatic N) is 1. The van der Waals surface area contributed by atoms with Crippen molar-refractivity contribution in [2.75, 3.05) is 11.9 Å². The van der Waals surface area contributed by atoms with Crippen LogP contribution < -0.4 is 10.1 Å². The smallest absolute Gasteiger partial charge is 0.262 e. The van der Waals surface area contributed by atoms with Crippen molar-refractivity contribution in [3.8, 4) is 11.8 Å². The molecule has 0 aliphatic rings. The summed E-state index contributed by atoms with van der Waals surface area (Å²) in [5.41, 5.74) is 2.07. The van der Waals surface area contributed by atoms with Gasteiger partial charge in [0.2, 0.25) is 0 Å². The van der Waals surface area contributed by atoms with Gasteiger partial charge in [0.15, 0.2) is 6.61 Å². The number of rotatable bonds is 4. The molecule has 106 valence electrons. The first-order valence-corrected chi connectivity index (χ1v) is 7.07. The minimum Gasteiger partial charge on any atom is -0.483 e. The van der Waals surface area contributed by atoms with E-state index in [1.54, 1.807) is 24.3 Å². The molecule has 2 rings (SSSR count). The van der Waals surface area contributed by atoms with E-state index in [4.69, 9.17) is 10.00 Å². The number of benzene rings is 2. The molecule has 0 aromatic heterocycles. The molecule has 4 nitrogen and oxygen atoms in total. The quantitative estimate of drug-likeness (QED) is 0.920. The van der Waals surface area contributed by atoms with Crippen LogP contribution in [0.3, 0.4) is 0 Å². The zero-order valence-corrected chi connectivity index (χ0v) is 13.0. The fourth-order valence-corrected chi connectivity index (χ4v) is 2.10. The van der Waals surface area contributed by atoms with Gasteiger partial charge in [0.25, 0.3) is 5.91 Å². The van der Waals surface area contributed by atoms with E-state index in [0.29, 0.717) is 17.0 Å². The third-order valence-electron chi connectivity index (χ3n) is 2.82. The van der Waals surface area contributed by atoms with Crippen molar-refractivity contribution in [3.63, 3.8) is 0 Å². The number of ether oxygens (including phenoxy) is 1. The van der Waals surface area contributed by atoms with E-state index >= 15 is 0 Å². The second-order valence-electron chi connectivity index (χ2n) is 4.41. The number of carbonyl (C=O) groups excluding carboxylic acids is 1. The monoisotopic (exact) mass is 344 g/mol. The molecule has 2 aromatic rings. The molecule has 21 heavy (non-hydrogen) atoms. The minimum absolute atomic E-state index is 0.114. The number of anilines is 1. The maximum atomic E-state index is 11.9. The van der Waals surface area contributed by atoms with Crippen molar-refractivity contribution in [1.29, 1.82) is 5.26 Å². The molecule has 2 aromatic carbocycles. The van der Waals surface area contributed by atoms with Gasteiger partial charge in [-0.25, -0.2) is 0 Å². The van der Waals surface area contributed by atoms with Gasteiger partial charge in [-0.05, 0) is 52.7 Å². The first kappa shape index (κ1) is 15.1. The molecule has 1 amide bonds. The molecule has 0 bridgehead atoms. The Morgan fingerprint density at radius 2 is 2.10 bits per heavy atom. The van der Waals surface area contributed by atoms with Crippen molar-refractivity contribution in [3.05, 3.63) is 58.1 Å². The van der Waals surface area contributed by atoms with Crippen LogP contribution >= 0.6 is 15.9 Å². The largest absolute Gasteiger partial charge is 0.483 e. The molecule has 0 spiro atoms. The highest BCUT2D eigenvalue weighted by atomic mass is 79.9. The Morgan fingerprint density at radius 1 is 1.33 bits per heavy atom. The maximum absolute atomic E-state index is 11.9. The first-order chi connectivity index (χ1) is 10.1. The molecule has 0 heterocycles. The Kier molecular flexibility index (Phi) is 4.96. The predicted molar refractivity (Wildman–Crippen MR) is 84.2 cm³/mol. The molecule has 0 atom stereocenters. The lowest BCUT2D eigenvalue weighted by atomic mass is 10.1. The number of hydrogen-bond donors (Lipinski definition) is 1. The average molecular weight is 345 g/mol. The molecule has 0 unspecified atom stereocenters. The number of nitriles is 1. The lowest BCUT2D eigenvalue weighted by Crippen LogP contribution is -2.20. The zero-order valence-electron chi connectivity index (χ0n) is 11.4. The van der Waals surface area contributed by atoms with E-state index in [-0.39, 0.29) is 12.5 Å². The van der Waals surface area contributed by atoms with Gasteiger partial charge in [0.1, 0.15) is 5.75 Å².